The van der Waals surface area contributed by atoms with E-state index in [9.17, 15) is 0 Å². The Morgan fingerprint density at radius 1 is 1.00 bits per heavy atom. The zero-order valence-corrected chi connectivity index (χ0v) is 13.8. The lowest BCUT2D eigenvalue weighted by molar-refractivity contribution is 0.235. The fourth-order valence-electron chi connectivity index (χ4n) is 3.24. The van der Waals surface area contributed by atoms with Gasteiger partial charge in [-0.25, -0.2) is 4.98 Å². The first-order valence-corrected chi connectivity index (χ1v) is 9.31. The summed E-state index contributed by atoms with van der Waals surface area (Å²) < 4.78 is 0. The predicted octanol–water partition coefficient (Wildman–Crippen LogP) is 1.97. The molecule has 0 unspecified atom stereocenters. The number of nitrogens with zero attached hydrogens (tertiary/aromatic N) is 3. The van der Waals surface area contributed by atoms with Crippen LogP contribution in [0, 0.1) is 0 Å². The van der Waals surface area contributed by atoms with Crippen LogP contribution in [0.1, 0.15) is 35.6 Å². The van der Waals surface area contributed by atoms with Crippen molar-refractivity contribution in [2.75, 3.05) is 45.8 Å². The molecule has 5 heteroatoms. The Bertz CT molecular complexity index is 406. The van der Waals surface area contributed by atoms with Crippen molar-refractivity contribution in [3.8, 4) is 0 Å². The molecular formula is C16H28N4S. The lowest BCUT2D eigenvalue weighted by Gasteiger charge is -2.26. The first-order valence-electron chi connectivity index (χ1n) is 8.49. The lowest BCUT2D eigenvalue weighted by atomic mass is 10.2. The van der Waals surface area contributed by atoms with E-state index in [0.717, 1.165) is 26.1 Å². The topological polar surface area (TPSA) is 31.4 Å². The highest BCUT2D eigenvalue weighted by Gasteiger charge is 2.13. The van der Waals surface area contributed by atoms with Crippen LogP contribution in [-0.4, -0.2) is 60.6 Å². The molecule has 3 rings (SSSR count). The Hall–Kier alpha value is -0.490. The second-order valence-corrected chi connectivity index (χ2v) is 7.45. The van der Waals surface area contributed by atoms with Gasteiger partial charge in [-0.2, -0.15) is 0 Å². The molecule has 0 spiro atoms. The maximum atomic E-state index is 4.64. The number of hydrogen-bond acceptors (Lipinski definition) is 5. The van der Waals surface area contributed by atoms with E-state index in [1.54, 1.807) is 0 Å². The zero-order chi connectivity index (χ0) is 14.3. The molecule has 3 heterocycles. The maximum absolute atomic E-state index is 4.64. The largest absolute Gasteiger partial charge is 0.314 e. The summed E-state index contributed by atoms with van der Waals surface area (Å²) >= 11 is 1.92. The van der Waals surface area contributed by atoms with Crippen LogP contribution in [0.15, 0.2) is 6.20 Å². The molecule has 0 aromatic carbocycles. The van der Waals surface area contributed by atoms with E-state index < -0.39 is 0 Å². The minimum atomic E-state index is 1.09. The fraction of sp³-hybridized carbons (Fsp3) is 0.812. The van der Waals surface area contributed by atoms with Gasteiger partial charge in [-0.05, 0) is 25.9 Å². The third-order valence-electron chi connectivity index (χ3n) is 4.53. The first kappa shape index (κ1) is 15.4. The first-order chi connectivity index (χ1) is 10.4. The third kappa shape index (κ3) is 5.02. The summed E-state index contributed by atoms with van der Waals surface area (Å²) in [5.41, 5.74) is 0. The normalized spacial score (nSPS) is 22.3. The molecule has 0 amide bonds. The lowest BCUT2D eigenvalue weighted by Crippen LogP contribution is -2.42. The molecule has 0 aliphatic carbocycles. The molecule has 0 radical (unpaired) electrons. The SMILES string of the molecule is c1nc(CCN2CCCCCC2)sc1CN1CCNCC1. The van der Waals surface area contributed by atoms with Crippen molar-refractivity contribution >= 4 is 11.3 Å². The minimum absolute atomic E-state index is 1.09. The molecule has 2 aliphatic rings. The molecular weight excluding hydrogens is 280 g/mol. The van der Waals surface area contributed by atoms with E-state index in [1.165, 1.54) is 68.3 Å². The Labute approximate surface area is 132 Å². The maximum Gasteiger partial charge on any atom is 0.0940 e. The minimum Gasteiger partial charge on any atom is -0.314 e. The molecule has 0 bridgehead atoms. The van der Waals surface area contributed by atoms with Crippen molar-refractivity contribution in [2.45, 2.75) is 38.6 Å². The van der Waals surface area contributed by atoms with Gasteiger partial charge in [-0.3, -0.25) is 4.90 Å². The number of rotatable bonds is 5. The summed E-state index contributed by atoms with van der Waals surface area (Å²) in [6, 6.07) is 0. The summed E-state index contributed by atoms with van der Waals surface area (Å²) in [5, 5.41) is 4.73. The Balaban J connectivity index is 1.43. The number of hydrogen-bond donors (Lipinski definition) is 1. The monoisotopic (exact) mass is 308 g/mol. The van der Waals surface area contributed by atoms with E-state index in [4.69, 9.17) is 0 Å². The number of piperazine rings is 1. The van der Waals surface area contributed by atoms with Gasteiger partial charge in [0.1, 0.15) is 0 Å². The van der Waals surface area contributed by atoms with Gasteiger partial charge in [0, 0.05) is 56.8 Å². The van der Waals surface area contributed by atoms with Crippen LogP contribution in [0.25, 0.3) is 0 Å². The quantitative estimate of drug-likeness (QED) is 0.901. The van der Waals surface area contributed by atoms with E-state index in [1.807, 2.05) is 11.3 Å². The van der Waals surface area contributed by atoms with Crippen LogP contribution in [0.4, 0.5) is 0 Å². The van der Waals surface area contributed by atoms with Crippen LogP contribution < -0.4 is 5.32 Å². The average molecular weight is 308 g/mol. The van der Waals surface area contributed by atoms with Crippen LogP contribution >= 0.6 is 11.3 Å². The number of likely N-dealkylation sites (tertiary alicyclic amines) is 1. The molecule has 4 nitrogen and oxygen atoms in total. The van der Waals surface area contributed by atoms with Crippen molar-refractivity contribution in [3.05, 3.63) is 16.1 Å². The predicted molar refractivity (Wildman–Crippen MR) is 88.9 cm³/mol. The third-order valence-corrected chi connectivity index (χ3v) is 5.57. The second kappa shape index (κ2) is 8.22. The average Bonchev–Trinajstić information content (AvgIpc) is 2.80. The number of thiazole rings is 1. The highest BCUT2D eigenvalue weighted by Crippen LogP contribution is 2.17. The summed E-state index contributed by atoms with van der Waals surface area (Å²) in [7, 11) is 0. The Morgan fingerprint density at radius 2 is 1.76 bits per heavy atom. The summed E-state index contributed by atoms with van der Waals surface area (Å²) in [4.78, 5) is 11.2. The van der Waals surface area contributed by atoms with E-state index in [2.05, 4.69) is 26.3 Å². The van der Waals surface area contributed by atoms with Crippen LogP contribution in [0.3, 0.4) is 0 Å². The smallest absolute Gasteiger partial charge is 0.0940 e. The van der Waals surface area contributed by atoms with E-state index >= 15 is 0 Å². The number of aromatic nitrogens is 1. The molecule has 2 aliphatic heterocycles. The van der Waals surface area contributed by atoms with Gasteiger partial charge in [-0.1, -0.05) is 12.8 Å². The van der Waals surface area contributed by atoms with Crippen molar-refractivity contribution in [3.63, 3.8) is 0 Å². The van der Waals surface area contributed by atoms with Crippen molar-refractivity contribution in [1.82, 2.24) is 20.1 Å². The highest BCUT2D eigenvalue weighted by atomic mass is 32.1. The molecule has 1 aromatic rings. The van der Waals surface area contributed by atoms with Crippen LogP contribution in [0.5, 0.6) is 0 Å². The standard InChI is InChI=1S/C16H28N4S/c1-2-4-9-19(8-3-1)10-5-16-18-13-15(21-16)14-20-11-6-17-7-12-20/h13,17H,1-12,14H2. The van der Waals surface area contributed by atoms with Crippen LogP contribution in [-0.2, 0) is 13.0 Å². The summed E-state index contributed by atoms with van der Waals surface area (Å²) in [6.07, 6.45) is 8.83. The molecule has 1 aromatic heterocycles. The Kier molecular flexibility index (Phi) is 6.03. The molecule has 0 saturated carbocycles. The molecule has 0 atom stereocenters. The van der Waals surface area contributed by atoms with Crippen molar-refractivity contribution in [2.24, 2.45) is 0 Å². The van der Waals surface area contributed by atoms with Crippen molar-refractivity contribution < 1.29 is 0 Å². The van der Waals surface area contributed by atoms with Gasteiger partial charge in [-0.15, -0.1) is 11.3 Å². The molecule has 118 valence electrons. The van der Waals surface area contributed by atoms with Gasteiger partial charge in [0.2, 0.25) is 0 Å². The highest BCUT2D eigenvalue weighted by molar-refractivity contribution is 7.11. The van der Waals surface area contributed by atoms with Crippen LogP contribution in [0.2, 0.25) is 0 Å². The summed E-state index contributed by atoms with van der Waals surface area (Å²) in [6.45, 7) is 9.45. The molecule has 1 N–H and O–H groups in total. The van der Waals surface area contributed by atoms with Gasteiger partial charge in [0.05, 0.1) is 5.01 Å². The van der Waals surface area contributed by atoms with Gasteiger partial charge < -0.3 is 10.2 Å². The molecule has 2 fully saturated rings. The Morgan fingerprint density at radius 3 is 2.52 bits per heavy atom. The van der Waals surface area contributed by atoms with Gasteiger partial charge >= 0.3 is 0 Å². The molecule has 21 heavy (non-hydrogen) atoms. The summed E-state index contributed by atoms with van der Waals surface area (Å²) in [5.74, 6) is 0. The van der Waals surface area contributed by atoms with E-state index in [0.29, 0.717) is 0 Å². The van der Waals surface area contributed by atoms with Gasteiger partial charge in [0.15, 0.2) is 0 Å². The van der Waals surface area contributed by atoms with Gasteiger partial charge in [0.25, 0.3) is 0 Å². The zero-order valence-electron chi connectivity index (χ0n) is 13.0. The molecule has 2 saturated heterocycles. The van der Waals surface area contributed by atoms with Crippen molar-refractivity contribution in [1.29, 1.82) is 0 Å². The van der Waals surface area contributed by atoms with E-state index in [-0.39, 0.29) is 0 Å². The second-order valence-electron chi connectivity index (χ2n) is 6.25. The fourth-order valence-corrected chi connectivity index (χ4v) is 4.19. The number of nitrogens with one attached hydrogen (secondary N) is 1.